The van der Waals surface area contributed by atoms with Gasteiger partial charge in [-0.3, -0.25) is 0 Å². The minimum Gasteiger partial charge on any atom is -0.457 e. The van der Waals surface area contributed by atoms with Gasteiger partial charge in [-0.15, -0.1) is 0 Å². The number of hydrogen-bond donors (Lipinski definition) is 1. The highest BCUT2D eigenvalue weighted by molar-refractivity contribution is 5.89. The van der Waals surface area contributed by atoms with Gasteiger partial charge < -0.3 is 14.8 Å². The zero-order valence-corrected chi connectivity index (χ0v) is 12.6. The summed E-state index contributed by atoms with van der Waals surface area (Å²) in [6.45, 7) is 5.42. The van der Waals surface area contributed by atoms with E-state index >= 15 is 0 Å². The van der Waals surface area contributed by atoms with Crippen LogP contribution >= 0.6 is 0 Å². The molecule has 21 heavy (non-hydrogen) atoms. The van der Waals surface area contributed by atoms with Crippen molar-refractivity contribution in [2.75, 3.05) is 0 Å². The second kappa shape index (κ2) is 6.16. The molecular formula is C16H21NO4. The van der Waals surface area contributed by atoms with E-state index in [1.54, 1.807) is 45.0 Å². The van der Waals surface area contributed by atoms with E-state index in [-0.39, 0.29) is 18.1 Å². The number of rotatable bonds is 3. The number of amides is 1. The fourth-order valence-corrected chi connectivity index (χ4v) is 2.01. The number of nitrogens with one attached hydrogen (secondary N) is 1. The number of carbonyl (C=O) groups excluding carboxylic acids is 2. The average molecular weight is 291 g/mol. The second-order valence-electron chi connectivity index (χ2n) is 6.14. The first-order chi connectivity index (χ1) is 9.85. The van der Waals surface area contributed by atoms with Crippen molar-refractivity contribution in [2.45, 2.75) is 51.4 Å². The number of hydrogen-bond acceptors (Lipinski definition) is 4. The summed E-state index contributed by atoms with van der Waals surface area (Å²) in [5, 5.41) is 2.74. The van der Waals surface area contributed by atoms with Crippen molar-refractivity contribution >= 4 is 12.1 Å². The molecule has 2 rings (SSSR count). The molecule has 1 fully saturated rings. The molecule has 0 aliphatic heterocycles. The highest BCUT2D eigenvalue weighted by atomic mass is 16.6. The van der Waals surface area contributed by atoms with Crippen LogP contribution in [0.5, 0.6) is 0 Å². The maximum absolute atomic E-state index is 11.9. The first kappa shape index (κ1) is 15.4. The van der Waals surface area contributed by atoms with Crippen molar-refractivity contribution in [3.63, 3.8) is 0 Å². The summed E-state index contributed by atoms with van der Waals surface area (Å²) in [5.41, 5.74) is -0.0234. The van der Waals surface area contributed by atoms with E-state index in [0.717, 1.165) is 12.8 Å². The summed E-state index contributed by atoms with van der Waals surface area (Å²) in [5.74, 6) is -0.365. The second-order valence-corrected chi connectivity index (χ2v) is 6.14. The fourth-order valence-electron chi connectivity index (χ4n) is 2.01. The van der Waals surface area contributed by atoms with Gasteiger partial charge in [0.2, 0.25) is 0 Å². The van der Waals surface area contributed by atoms with Crippen LogP contribution in [0.2, 0.25) is 0 Å². The SMILES string of the molecule is CC(C)(C)OC(=O)NC1CCC1OC(=O)c1ccccc1. The van der Waals surface area contributed by atoms with Crippen molar-refractivity contribution in [3.05, 3.63) is 35.9 Å². The minimum absolute atomic E-state index is 0.174. The molecule has 0 spiro atoms. The van der Waals surface area contributed by atoms with Crippen molar-refractivity contribution < 1.29 is 19.1 Å². The standard InChI is InChI=1S/C16H21NO4/c1-16(2,3)21-15(19)17-12-9-10-13(12)20-14(18)11-7-5-4-6-8-11/h4-8,12-13H,9-10H2,1-3H3,(H,17,19). The Hall–Kier alpha value is -2.04. The molecule has 1 aromatic carbocycles. The zero-order valence-electron chi connectivity index (χ0n) is 12.6. The summed E-state index contributed by atoms with van der Waals surface area (Å²) in [4.78, 5) is 23.6. The lowest BCUT2D eigenvalue weighted by molar-refractivity contribution is -0.0132. The quantitative estimate of drug-likeness (QED) is 0.870. The predicted molar refractivity (Wildman–Crippen MR) is 78.0 cm³/mol. The van der Waals surface area contributed by atoms with E-state index in [2.05, 4.69) is 5.32 Å². The van der Waals surface area contributed by atoms with Gasteiger partial charge in [0.05, 0.1) is 11.6 Å². The molecule has 114 valence electrons. The van der Waals surface area contributed by atoms with Crippen LogP contribution in [0.3, 0.4) is 0 Å². The maximum Gasteiger partial charge on any atom is 0.408 e. The maximum atomic E-state index is 11.9. The van der Waals surface area contributed by atoms with Crippen LogP contribution in [0.4, 0.5) is 4.79 Å². The Labute approximate surface area is 124 Å². The molecule has 5 nitrogen and oxygen atoms in total. The molecule has 1 N–H and O–H groups in total. The number of ether oxygens (including phenoxy) is 2. The van der Waals surface area contributed by atoms with Crippen molar-refractivity contribution in [1.82, 2.24) is 5.32 Å². The molecule has 0 aromatic heterocycles. The van der Waals surface area contributed by atoms with E-state index in [9.17, 15) is 9.59 Å². The fraction of sp³-hybridized carbons (Fsp3) is 0.500. The molecule has 1 amide bonds. The van der Waals surface area contributed by atoms with Crippen LogP contribution in [0.1, 0.15) is 44.0 Å². The van der Waals surface area contributed by atoms with E-state index in [1.807, 2.05) is 6.07 Å². The van der Waals surface area contributed by atoms with Gasteiger partial charge in [0.15, 0.2) is 0 Å². The minimum atomic E-state index is -0.538. The van der Waals surface area contributed by atoms with Crippen LogP contribution < -0.4 is 5.32 Å². The Morgan fingerprint density at radius 2 is 1.81 bits per heavy atom. The van der Waals surface area contributed by atoms with Crippen molar-refractivity contribution in [1.29, 1.82) is 0 Å². The summed E-state index contributed by atoms with van der Waals surface area (Å²) < 4.78 is 10.6. The summed E-state index contributed by atoms with van der Waals surface area (Å²) in [6, 6.07) is 8.65. The summed E-state index contributed by atoms with van der Waals surface area (Å²) in [7, 11) is 0. The molecule has 5 heteroatoms. The lowest BCUT2D eigenvalue weighted by Gasteiger charge is -2.36. The number of esters is 1. The Bertz CT molecular complexity index is 507. The van der Waals surface area contributed by atoms with Crippen LogP contribution in [0, 0.1) is 0 Å². The Morgan fingerprint density at radius 3 is 2.33 bits per heavy atom. The van der Waals surface area contributed by atoms with E-state index in [1.165, 1.54) is 0 Å². The molecule has 2 unspecified atom stereocenters. The van der Waals surface area contributed by atoms with Crippen LogP contribution in [-0.4, -0.2) is 29.8 Å². The zero-order chi connectivity index (χ0) is 15.5. The normalized spacial score (nSPS) is 21.1. The highest BCUT2D eigenvalue weighted by Crippen LogP contribution is 2.25. The van der Waals surface area contributed by atoms with E-state index in [4.69, 9.17) is 9.47 Å². The third-order valence-electron chi connectivity index (χ3n) is 3.18. The molecule has 0 heterocycles. The van der Waals surface area contributed by atoms with Gasteiger partial charge in [0, 0.05) is 0 Å². The lowest BCUT2D eigenvalue weighted by Crippen LogP contribution is -2.53. The summed E-state index contributed by atoms with van der Waals surface area (Å²) in [6.07, 6.45) is 0.767. The average Bonchev–Trinajstić information content (AvgIpc) is 2.40. The number of carbonyl (C=O) groups is 2. The van der Waals surface area contributed by atoms with Gasteiger partial charge in [0.25, 0.3) is 0 Å². The molecule has 0 saturated heterocycles. The smallest absolute Gasteiger partial charge is 0.408 e. The highest BCUT2D eigenvalue weighted by Gasteiger charge is 2.36. The predicted octanol–water partition coefficient (Wildman–Crippen LogP) is 2.90. The van der Waals surface area contributed by atoms with Crippen LogP contribution in [0.25, 0.3) is 0 Å². The first-order valence-corrected chi connectivity index (χ1v) is 7.11. The van der Waals surface area contributed by atoms with E-state index < -0.39 is 11.7 Å². The van der Waals surface area contributed by atoms with Crippen LogP contribution in [0.15, 0.2) is 30.3 Å². The summed E-state index contributed by atoms with van der Waals surface area (Å²) >= 11 is 0. The topological polar surface area (TPSA) is 64.6 Å². The Kier molecular flexibility index (Phi) is 4.50. The van der Waals surface area contributed by atoms with E-state index in [0.29, 0.717) is 5.56 Å². The first-order valence-electron chi connectivity index (χ1n) is 7.11. The van der Waals surface area contributed by atoms with Gasteiger partial charge in [-0.2, -0.15) is 0 Å². The molecule has 1 aliphatic rings. The molecule has 1 saturated carbocycles. The Morgan fingerprint density at radius 1 is 1.14 bits per heavy atom. The monoisotopic (exact) mass is 291 g/mol. The van der Waals surface area contributed by atoms with Crippen molar-refractivity contribution in [3.8, 4) is 0 Å². The molecule has 2 atom stereocenters. The van der Waals surface area contributed by atoms with Gasteiger partial charge in [-0.25, -0.2) is 9.59 Å². The third kappa shape index (κ3) is 4.48. The molecule has 0 radical (unpaired) electrons. The van der Waals surface area contributed by atoms with Gasteiger partial charge in [-0.05, 0) is 45.7 Å². The molecule has 0 bridgehead atoms. The van der Waals surface area contributed by atoms with Gasteiger partial charge >= 0.3 is 12.1 Å². The Balaban J connectivity index is 1.83. The largest absolute Gasteiger partial charge is 0.457 e. The molecule has 1 aliphatic carbocycles. The third-order valence-corrected chi connectivity index (χ3v) is 3.18. The van der Waals surface area contributed by atoms with Crippen LogP contribution in [-0.2, 0) is 9.47 Å². The number of benzene rings is 1. The lowest BCUT2D eigenvalue weighted by atomic mass is 9.89. The molecular weight excluding hydrogens is 270 g/mol. The van der Waals surface area contributed by atoms with Gasteiger partial charge in [0.1, 0.15) is 11.7 Å². The van der Waals surface area contributed by atoms with Gasteiger partial charge in [-0.1, -0.05) is 18.2 Å². The van der Waals surface area contributed by atoms with Crippen molar-refractivity contribution in [2.24, 2.45) is 0 Å². The number of alkyl carbamates (subject to hydrolysis) is 1. The molecule has 1 aromatic rings.